The van der Waals surface area contributed by atoms with Crippen LogP contribution in [0.5, 0.6) is 0 Å². The first-order valence-electron chi connectivity index (χ1n) is 4.27. The molecule has 1 aliphatic rings. The maximum atomic E-state index is 10.5. The van der Waals surface area contributed by atoms with Crippen LogP contribution in [0, 0.1) is 5.92 Å². The molecular formula is C8H15NO3. The van der Waals surface area contributed by atoms with Crippen LogP contribution in [0.15, 0.2) is 0 Å². The maximum absolute atomic E-state index is 10.5. The fourth-order valence-corrected chi connectivity index (χ4v) is 1.66. The van der Waals surface area contributed by atoms with Gasteiger partial charge in [-0.3, -0.25) is 4.79 Å². The largest absolute Gasteiger partial charge is 0.480 e. The number of carboxylic acid groups (broad SMARTS) is 1. The molecule has 0 aromatic heterocycles. The van der Waals surface area contributed by atoms with E-state index in [4.69, 9.17) is 15.9 Å². The highest BCUT2D eigenvalue weighted by Gasteiger charge is 2.28. The molecular weight excluding hydrogens is 158 g/mol. The maximum Gasteiger partial charge on any atom is 0.320 e. The highest BCUT2D eigenvalue weighted by Crippen LogP contribution is 2.25. The van der Waals surface area contributed by atoms with Gasteiger partial charge in [-0.15, -0.1) is 0 Å². The van der Waals surface area contributed by atoms with Crippen molar-refractivity contribution in [1.82, 2.24) is 0 Å². The summed E-state index contributed by atoms with van der Waals surface area (Å²) in [5, 5.41) is 17.8. The summed E-state index contributed by atoms with van der Waals surface area (Å²) in [7, 11) is 0. The summed E-state index contributed by atoms with van der Waals surface area (Å²) in [6.07, 6.45) is 2.59. The quantitative estimate of drug-likeness (QED) is 0.546. The molecule has 0 heterocycles. The second-order valence-corrected chi connectivity index (χ2v) is 3.43. The van der Waals surface area contributed by atoms with E-state index in [0.717, 1.165) is 12.8 Å². The predicted molar refractivity (Wildman–Crippen MR) is 43.6 cm³/mol. The lowest BCUT2D eigenvalue weighted by atomic mass is 9.83. The van der Waals surface area contributed by atoms with Crippen molar-refractivity contribution in [1.29, 1.82) is 0 Å². The van der Waals surface area contributed by atoms with Crippen molar-refractivity contribution in [2.45, 2.75) is 37.8 Å². The Morgan fingerprint density at radius 1 is 1.33 bits per heavy atom. The Bertz CT molecular complexity index is 164. The molecule has 0 amide bonds. The van der Waals surface area contributed by atoms with Crippen LogP contribution in [0.3, 0.4) is 0 Å². The Kier molecular flexibility index (Phi) is 3.05. The average Bonchev–Trinajstić information content (AvgIpc) is 2.04. The van der Waals surface area contributed by atoms with Gasteiger partial charge in [-0.2, -0.15) is 0 Å². The van der Waals surface area contributed by atoms with Gasteiger partial charge in [0.25, 0.3) is 0 Å². The number of aliphatic hydroxyl groups is 1. The second kappa shape index (κ2) is 3.87. The number of aliphatic carboxylic acids is 1. The minimum Gasteiger partial charge on any atom is -0.480 e. The fourth-order valence-electron chi connectivity index (χ4n) is 1.66. The first-order chi connectivity index (χ1) is 5.61. The van der Waals surface area contributed by atoms with Gasteiger partial charge < -0.3 is 15.9 Å². The van der Waals surface area contributed by atoms with E-state index in [0.29, 0.717) is 12.8 Å². The van der Waals surface area contributed by atoms with Crippen LogP contribution in [0.4, 0.5) is 0 Å². The average molecular weight is 173 g/mol. The summed E-state index contributed by atoms with van der Waals surface area (Å²) in [5.41, 5.74) is 5.46. The van der Waals surface area contributed by atoms with Gasteiger partial charge in [0.2, 0.25) is 0 Å². The molecule has 0 radical (unpaired) electrons. The topological polar surface area (TPSA) is 83.6 Å². The highest BCUT2D eigenvalue weighted by molar-refractivity contribution is 5.73. The Morgan fingerprint density at radius 3 is 2.25 bits per heavy atom. The summed E-state index contributed by atoms with van der Waals surface area (Å²) in [4.78, 5) is 10.5. The molecule has 1 aliphatic carbocycles. The van der Waals surface area contributed by atoms with E-state index in [-0.39, 0.29) is 12.0 Å². The summed E-state index contributed by atoms with van der Waals surface area (Å²) >= 11 is 0. The van der Waals surface area contributed by atoms with Crippen molar-refractivity contribution in [2.24, 2.45) is 11.7 Å². The third kappa shape index (κ3) is 2.19. The lowest BCUT2D eigenvalue weighted by molar-refractivity contribution is -0.140. The zero-order valence-electron chi connectivity index (χ0n) is 6.94. The van der Waals surface area contributed by atoms with E-state index >= 15 is 0 Å². The number of hydrogen-bond acceptors (Lipinski definition) is 3. The Hall–Kier alpha value is -0.610. The molecule has 4 N–H and O–H groups in total. The number of rotatable bonds is 2. The SMILES string of the molecule is N[C@@H](C(=O)O)C1CCC(O)CC1. The summed E-state index contributed by atoms with van der Waals surface area (Å²) in [6.45, 7) is 0. The molecule has 1 rings (SSSR count). The molecule has 0 unspecified atom stereocenters. The van der Waals surface area contributed by atoms with Crippen molar-refractivity contribution in [3.63, 3.8) is 0 Å². The van der Waals surface area contributed by atoms with Crippen LogP contribution in [0.2, 0.25) is 0 Å². The molecule has 4 heteroatoms. The molecule has 0 saturated heterocycles. The molecule has 1 saturated carbocycles. The molecule has 0 spiro atoms. The number of aliphatic hydroxyl groups excluding tert-OH is 1. The highest BCUT2D eigenvalue weighted by atomic mass is 16.4. The number of hydrogen-bond donors (Lipinski definition) is 3. The van der Waals surface area contributed by atoms with Gasteiger partial charge in [0, 0.05) is 0 Å². The van der Waals surface area contributed by atoms with E-state index in [1.807, 2.05) is 0 Å². The van der Waals surface area contributed by atoms with E-state index < -0.39 is 12.0 Å². The van der Waals surface area contributed by atoms with Crippen molar-refractivity contribution in [2.75, 3.05) is 0 Å². The van der Waals surface area contributed by atoms with Gasteiger partial charge >= 0.3 is 5.97 Å². The van der Waals surface area contributed by atoms with Crippen molar-refractivity contribution in [3.05, 3.63) is 0 Å². The smallest absolute Gasteiger partial charge is 0.320 e. The minimum absolute atomic E-state index is 0.0471. The van der Waals surface area contributed by atoms with Gasteiger partial charge in [0.15, 0.2) is 0 Å². The molecule has 12 heavy (non-hydrogen) atoms. The molecule has 0 aromatic rings. The van der Waals surface area contributed by atoms with Crippen LogP contribution >= 0.6 is 0 Å². The van der Waals surface area contributed by atoms with E-state index in [1.54, 1.807) is 0 Å². The molecule has 1 atom stereocenters. The third-order valence-electron chi connectivity index (χ3n) is 2.53. The lowest BCUT2D eigenvalue weighted by Gasteiger charge is -2.27. The van der Waals surface area contributed by atoms with Gasteiger partial charge in [-0.05, 0) is 31.6 Å². The van der Waals surface area contributed by atoms with E-state index in [1.165, 1.54) is 0 Å². The van der Waals surface area contributed by atoms with Crippen LogP contribution in [-0.2, 0) is 4.79 Å². The second-order valence-electron chi connectivity index (χ2n) is 3.43. The van der Waals surface area contributed by atoms with E-state index in [2.05, 4.69) is 0 Å². The Morgan fingerprint density at radius 2 is 1.83 bits per heavy atom. The Labute approximate surface area is 71.4 Å². The normalized spacial score (nSPS) is 32.8. The van der Waals surface area contributed by atoms with Crippen LogP contribution in [-0.4, -0.2) is 28.3 Å². The summed E-state index contributed by atoms with van der Waals surface area (Å²) in [6, 6.07) is -0.752. The first kappa shape index (κ1) is 9.48. The Balaban J connectivity index is 2.39. The van der Waals surface area contributed by atoms with Gasteiger partial charge in [0.1, 0.15) is 6.04 Å². The molecule has 0 aliphatic heterocycles. The van der Waals surface area contributed by atoms with Crippen LogP contribution < -0.4 is 5.73 Å². The number of carbonyl (C=O) groups is 1. The zero-order chi connectivity index (χ0) is 9.14. The number of carboxylic acids is 1. The number of nitrogens with two attached hydrogens (primary N) is 1. The lowest BCUT2D eigenvalue weighted by Crippen LogP contribution is -2.40. The summed E-state index contributed by atoms with van der Waals surface area (Å²) < 4.78 is 0. The van der Waals surface area contributed by atoms with Crippen molar-refractivity contribution >= 4 is 5.97 Å². The predicted octanol–water partition coefficient (Wildman–Crippen LogP) is -0.0506. The van der Waals surface area contributed by atoms with Crippen LogP contribution in [0.25, 0.3) is 0 Å². The zero-order valence-corrected chi connectivity index (χ0v) is 6.94. The monoisotopic (exact) mass is 173 g/mol. The molecule has 4 nitrogen and oxygen atoms in total. The molecule has 0 aromatic carbocycles. The van der Waals surface area contributed by atoms with Crippen molar-refractivity contribution in [3.8, 4) is 0 Å². The van der Waals surface area contributed by atoms with Crippen LogP contribution in [0.1, 0.15) is 25.7 Å². The standard InChI is InChI=1S/C8H15NO3/c9-7(8(11)12)5-1-3-6(10)4-2-5/h5-7,10H,1-4,9H2,(H,11,12)/t5?,6?,7-/m1/s1. The third-order valence-corrected chi connectivity index (χ3v) is 2.53. The van der Waals surface area contributed by atoms with Gasteiger partial charge in [-0.1, -0.05) is 0 Å². The van der Waals surface area contributed by atoms with E-state index in [9.17, 15) is 4.79 Å². The molecule has 1 fully saturated rings. The van der Waals surface area contributed by atoms with Gasteiger partial charge in [-0.25, -0.2) is 0 Å². The minimum atomic E-state index is -0.934. The molecule has 0 bridgehead atoms. The fraction of sp³-hybridized carbons (Fsp3) is 0.875. The molecule has 70 valence electrons. The van der Waals surface area contributed by atoms with Gasteiger partial charge in [0.05, 0.1) is 6.10 Å². The summed E-state index contributed by atoms with van der Waals surface area (Å²) in [5.74, 6) is -0.887. The van der Waals surface area contributed by atoms with Crippen molar-refractivity contribution < 1.29 is 15.0 Å². The first-order valence-corrected chi connectivity index (χ1v) is 4.27.